The van der Waals surface area contributed by atoms with Crippen molar-refractivity contribution >= 4 is 0 Å². The average molecular weight is 243 g/mol. The molecule has 94 valence electrons. The maximum absolute atomic E-state index is 10.0. The first-order valence-electron chi connectivity index (χ1n) is 5.92. The lowest BCUT2D eigenvalue weighted by molar-refractivity contribution is 0.0734. The normalized spacial score (nSPS) is 11.3. The van der Waals surface area contributed by atoms with Crippen LogP contribution in [0, 0.1) is 0 Å². The minimum absolute atomic E-state index is 0.445. The highest BCUT2D eigenvalue weighted by Crippen LogP contribution is 2.27. The van der Waals surface area contributed by atoms with Crippen molar-refractivity contribution in [3.63, 3.8) is 0 Å². The molecular weight excluding hydrogens is 226 g/mol. The molecule has 0 aliphatic rings. The minimum Gasteiger partial charge on any atom is -0.473 e. The van der Waals surface area contributed by atoms with E-state index in [1.807, 2.05) is 36.4 Å². The molecule has 0 saturated carbocycles. The van der Waals surface area contributed by atoms with Gasteiger partial charge in [0.05, 0.1) is 5.60 Å². The Morgan fingerprint density at radius 2 is 1.83 bits per heavy atom. The largest absolute Gasteiger partial charge is 0.473 e. The summed E-state index contributed by atoms with van der Waals surface area (Å²) < 4.78 is 5.68. The molecule has 1 N–H and O–H groups in total. The predicted molar refractivity (Wildman–Crippen MR) is 70.3 cm³/mol. The fourth-order valence-electron chi connectivity index (χ4n) is 1.70. The molecule has 0 unspecified atom stereocenters. The van der Waals surface area contributed by atoms with E-state index in [2.05, 4.69) is 4.98 Å². The van der Waals surface area contributed by atoms with Crippen molar-refractivity contribution in [2.75, 3.05) is 0 Å². The molecule has 0 fully saturated rings. The molecular formula is C15H17NO2. The summed E-state index contributed by atoms with van der Waals surface area (Å²) in [5.41, 5.74) is 0.811. The fourth-order valence-corrected chi connectivity index (χ4v) is 1.70. The number of ether oxygens (including phenoxy) is 1. The molecule has 0 bridgehead atoms. The maximum atomic E-state index is 10.0. The SMILES string of the molecule is CC(C)(O)c1cccnc1OCc1ccccc1. The summed E-state index contributed by atoms with van der Waals surface area (Å²) in [6, 6.07) is 13.5. The van der Waals surface area contributed by atoms with Crippen molar-refractivity contribution in [1.82, 2.24) is 4.98 Å². The van der Waals surface area contributed by atoms with E-state index in [-0.39, 0.29) is 0 Å². The Hall–Kier alpha value is -1.87. The number of nitrogens with zero attached hydrogens (tertiary/aromatic N) is 1. The highest BCUT2D eigenvalue weighted by atomic mass is 16.5. The van der Waals surface area contributed by atoms with E-state index >= 15 is 0 Å². The Morgan fingerprint density at radius 3 is 2.50 bits per heavy atom. The van der Waals surface area contributed by atoms with E-state index < -0.39 is 5.60 Å². The van der Waals surface area contributed by atoms with Crippen LogP contribution in [0.25, 0.3) is 0 Å². The zero-order valence-corrected chi connectivity index (χ0v) is 10.6. The molecule has 0 aliphatic carbocycles. The van der Waals surface area contributed by atoms with Crippen LogP contribution < -0.4 is 4.74 Å². The van der Waals surface area contributed by atoms with Gasteiger partial charge in [-0.15, -0.1) is 0 Å². The Kier molecular flexibility index (Phi) is 3.63. The monoisotopic (exact) mass is 243 g/mol. The van der Waals surface area contributed by atoms with Crippen LogP contribution in [-0.4, -0.2) is 10.1 Å². The molecule has 0 amide bonds. The number of rotatable bonds is 4. The second-order valence-corrected chi connectivity index (χ2v) is 4.69. The van der Waals surface area contributed by atoms with E-state index in [0.717, 1.165) is 5.56 Å². The van der Waals surface area contributed by atoms with Crippen molar-refractivity contribution in [3.05, 3.63) is 59.8 Å². The Bertz CT molecular complexity index is 503. The van der Waals surface area contributed by atoms with Gasteiger partial charge in [0, 0.05) is 11.8 Å². The maximum Gasteiger partial charge on any atom is 0.219 e. The second-order valence-electron chi connectivity index (χ2n) is 4.69. The van der Waals surface area contributed by atoms with Crippen LogP contribution in [0.15, 0.2) is 48.7 Å². The number of hydrogen-bond donors (Lipinski definition) is 1. The van der Waals surface area contributed by atoms with Gasteiger partial charge in [-0.25, -0.2) is 4.98 Å². The quantitative estimate of drug-likeness (QED) is 0.897. The minimum atomic E-state index is -0.958. The third-order valence-electron chi connectivity index (χ3n) is 2.65. The lowest BCUT2D eigenvalue weighted by atomic mass is 10.00. The molecule has 0 aliphatic heterocycles. The van der Waals surface area contributed by atoms with E-state index in [1.165, 1.54) is 0 Å². The summed E-state index contributed by atoms with van der Waals surface area (Å²) in [5, 5.41) is 10.0. The first-order chi connectivity index (χ1) is 8.57. The zero-order valence-electron chi connectivity index (χ0n) is 10.6. The molecule has 0 atom stereocenters. The summed E-state index contributed by atoms with van der Waals surface area (Å²) in [4.78, 5) is 4.18. The van der Waals surface area contributed by atoms with Crippen LogP contribution in [0.2, 0.25) is 0 Å². The van der Waals surface area contributed by atoms with Gasteiger partial charge in [0.25, 0.3) is 0 Å². The molecule has 0 radical (unpaired) electrons. The van der Waals surface area contributed by atoms with Gasteiger partial charge in [0.15, 0.2) is 0 Å². The number of aliphatic hydroxyl groups is 1. The van der Waals surface area contributed by atoms with Gasteiger partial charge in [-0.2, -0.15) is 0 Å². The number of hydrogen-bond acceptors (Lipinski definition) is 3. The highest BCUT2D eigenvalue weighted by molar-refractivity contribution is 5.30. The average Bonchev–Trinajstić information content (AvgIpc) is 2.37. The van der Waals surface area contributed by atoms with Crippen LogP contribution in [0.3, 0.4) is 0 Å². The van der Waals surface area contributed by atoms with E-state index in [9.17, 15) is 5.11 Å². The summed E-state index contributed by atoms with van der Waals surface area (Å²) in [5.74, 6) is 0.480. The van der Waals surface area contributed by atoms with Gasteiger partial charge < -0.3 is 9.84 Å². The van der Waals surface area contributed by atoms with Crippen molar-refractivity contribution in [2.45, 2.75) is 26.1 Å². The standard InChI is InChI=1S/C15H17NO2/c1-15(2,17)13-9-6-10-16-14(13)18-11-12-7-4-3-5-8-12/h3-10,17H,11H2,1-2H3. The summed E-state index contributed by atoms with van der Waals surface area (Å²) >= 11 is 0. The summed E-state index contributed by atoms with van der Waals surface area (Å²) in [7, 11) is 0. The van der Waals surface area contributed by atoms with Crippen molar-refractivity contribution in [1.29, 1.82) is 0 Å². The van der Waals surface area contributed by atoms with Crippen molar-refractivity contribution in [2.24, 2.45) is 0 Å². The molecule has 18 heavy (non-hydrogen) atoms. The van der Waals surface area contributed by atoms with E-state index in [1.54, 1.807) is 26.1 Å². The number of benzene rings is 1. The van der Waals surface area contributed by atoms with Crippen LogP contribution in [0.1, 0.15) is 25.0 Å². The van der Waals surface area contributed by atoms with E-state index in [4.69, 9.17) is 4.74 Å². The summed E-state index contributed by atoms with van der Waals surface area (Å²) in [6.07, 6.45) is 1.66. The third-order valence-corrected chi connectivity index (χ3v) is 2.65. The van der Waals surface area contributed by atoms with Crippen LogP contribution >= 0.6 is 0 Å². The molecule has 3 nitrogen and oxygen atoms in total. The lowest BCUT2D eigenvalue weighted by Gasteiger charge is -2.20. The predicted octanol–water partition coefficient (Wildman–Crippen LogP) is 2.89. The fraction of sp³-hybridized carbons (Fsp3) is 0.267. The van der Waals surface area contributed by atoms with Crippen molar-refractivity contribution in [3.8, 4) is 5.88 Å². The molecule has 1 aromatic carbocycles. The third kappa shape index (κ3) is 3.08. The first-order valence-corrected chi connectivity index (χ1v) is 5.92. The molecule has 2 rings (SSSR count). The van der Waals surface area contributed by atoms with Gasteiger partial charge in [-0.05, 0) is 31.5 Å². The van der Waals surface area contributed by atoms with Crippen LogP contribution in [-0.2, 0) is 12.2 Å². The van der Waals surface area contributed by atoms with Gasteiger partial charge in [0.1, 0.15) is 6.61 Å². The van der Waals surface area contributed by atoms with Gasteiger partial charge in [-0.3, -0.25) is 0 Å². The number of pyridine rings is 1. The Morgan fingerprint density at radius 1 is 1.11 bits per heavy atom. The zero-order chi connectivity index (χ0) is 13.0. The van der Waals surface area contributed by atoms with Gasteiger partial charge >= 0.3 is 0 Å². The van der Waals surface area contributed by atoms with Crippen LogP contribution in [0.5, 0.6) is 5.88 Å². The Labute approximate surface area is 107 Å². The molecule has 2 aromatic rings. The number of aromatic nitrogens is 1. The van der Waals surface area contributed by atoms with Crippen molar-refractivity contribution < 1.29 is 9.84 Å². The smallest absolute Gasteiger partial charge is 0.219 e. The Balaban J connectivity index is 2.15. The molecule has 0 spiro atoms. The molecule has 0 saturated heterocycles. The van der Waals surface area contributed by atoms with Crippen LogP contribution in [0.4, 0.5) is 0 Å². The molecule has 1 heterocycles. The molecule has 3 heteroatoms. The van der Waals surface area contributed by atoms with Gasteiger partial charge in [-0.1, -0.05) is 30.3 Å². The molecule has 1 aromatic heterocycles. The highest BCUT2D eigenvalue weighted by Gasteiger charge is 2.21. The lowest BCUT2D eigenvalue weighted by Crippen LogP contribution is -2.17. The topological polar surface area (TPSA) is 42.4 Å². The summed E-state index contributed by atoms with van der Waals surface area (Å²) in [6.45, 7) is 3.89. The van der Waals surface area contributed by atoms with E-state index in [0.29, 0.717) is 18.1 Å². The van der Waals surface area contributed by atoms with Gasteiger partial charge in [0.2, 0.25) is 5.88 Å². The first kappa shape index (κ1) is 12.6. The second kappa shape index (κ2) is 5.19.